The van der Waals surface area contributed by atoms with E-state index in [0.717, 1.165) is 42.3 Å². The van der Waals surface area contributed by atoms with E-state index in [4.69, 9.17) is 0 Å². The predicted octanol–water partition coefficient (Wildman–Crippen LogP) is 4.29. The fourth-order valence-electron chi connectivity index (χ4n) is 2.50. The number of rotatable bonds is 2. The number of aromatic nitrogens is 1. The van der Waals surface area contributed by atoms with Crippen LogP contribution in [0.5, 0.6) is 0 Å². The predicted molar refractivity (Wildman–Crippen MR) is 78.2 cm³/mol. The van der Waals surface area contributed by atoms with Gasteiger partial charge in [-0.05, 0) is 37.8 Å². The third kappa shape index (κ3) is 2.99. The van der Waals surface area contributed by atoms with Crippen molar-refractivity contribution in [3.05, 3.63) is 46.0 Å². The van der Waals surface area contributed by atoms with E-state index in [2.05, 4.69) is 10.3 Å². The fourth-order valence-corrected chi connectivity index (χ4v) is 3.54. The van der Waals surface area contributed by atoms with Crippen molar-refractivity contribution in [3.63, 3.8) is 0 Å². The third-order valence-corrected chi connectivity index (χ3v) is 4.62. The molecule has 116 valence electrons. The summed E-state index contributed by atoms with van der Waals surface area (Å²) in [5.41, 5.74) is -0.368. The number of nitrogens with one attached hydrogen (secondary N) is 1. The topological polar surface area (TPSA) is 42.0 Å². The second-order valence-corrected chi connectivity index (χ2v) is 6.18. The zero-order chi connectivity index (χ0) is 15.7. The lowest BCUT2D eigenvalue weighted by Crippen LogP contribution is -2.18. The molecule has 1 aromatic heterocycles. The van der Waals surface area contributed by atoms with E-state index in [1.165, 1.54) is 29.5 Å². The van der Waals surface area contributed by atoms with Crippen molar-refractivity contribution < 1.29 is 18.0 Å². The smallest absolute Gasteiger partial charge is 0.298 e. The first-order chi connectivity index (χ1) is 10.4. The molecule has 1 aliphatic carbocycles. The molecule has 0 aliphatic heterocycles. The summed E-state index contributed by atoms with van der Waals surface area (Å²) in [5.74, 6) is -0.779. The summed E-state index contributed by atoms with van der Waals surface area (Å²) in [6.07, 6.45) is -0.639. The second-order valence-electron chi connectivity index (χ2n) is 5.09. The van der Waals surface area contributed by atoms with E-state index in [-0.39, 0.29) is 5.56 Å². The van der Waals surface area contributed by atoms with Gasteiger partial charge in [-0.1, -0.05) is 12.1 Å². The van der Waals surface area contributed by atoms with Gasteiger partial charge in [-0.15, -0.1) is 11.3 Å². The lowest BCUT2D eigenvalue weighted by atomic mass is 10.0. The van der Waals surface area contributed by atoms with Crippen LogP contribution in [-0.2, 0) is 19.0 Å². The number of hydrogen-bond donors (Lipinski definition) is 1. The molecular weight excluding hydrogens is 313 g/mol. The Bertz CT molecular complexity index is 686. The van der Waals surface area contributed by atoms with Crippen LogP contribution < -0.4 is 5.32 Å². The highest BCUT2D eigenvalue weighted by atomic mass is 32.1. The maximum Gasteiger partial charge on any atom is 0.417 e. The summed E-state index contributed by atoms with van der Waals surface area (Å²) in [5, 5.41) is 2.87. The van der Waals surface area contributed by atoms with E-state index in [1.807, 2.05) is 0 Å². The maximum absolute atomic E-state index is 12.9. The minimum Gasteiger partial charge on any atom is -0.298 e. The van der Waals surface area contributed by atoms with E-state index < -0.39 is 17.6 Å². The Morgan fingerprint density at radius 3 is 2.64 bits per heavy atom. The minimum atomic E-state index is -4.56. The highest BCUT2D eigenvalue weighted by Crippen LogP contribution is 2.33. The van der Waals surface area contributed by atoms with Crippen LogP contribution >= 0.6 is 11.3 Å². The largest absolute Gasteiger partial charge is 0.417 e. The molecule has 0 atom stereocenters. The van der Waals surface area contributed by atoms with Crippen LogP contribution in [0.3, 0.4) is 0 Å². The maximum atomic E-state index is 12.9. The molecule has 0 fully saturated rings. The van der Waals surface area contributed by atoms with Gasteiger partial charge in [0.1, 0.15) is 0 Å². The van der Waals surface area contributed by atoms with Crippen molar-refractivity contribution in [1.82, 2.24) is 4.98 Å². The van der Waals surface area contributed by atoms with Crippen LogP contribution in [0.2, 0.25) is 0 Å². The zero-order valence-electron chi connectivity index (χ0n) is 11.5. The molecule has 0 spiro atoms. The molecule has 1 aromatic carbocycles. The summed E-state index contributed by atoms with van der Waals surface area (Å²) < 4.78 is 38.8. The number of aryl methyl sites for hydroxylation is 2. The zero-order valence-corrected chi connectivity index (χ0v) is 12.4. The molecule has 3 rings (SSSR count). The summed E-state index contributed by atoms with van der Waals surface area (Å²) in [6, 6.07) is 4.76. The number of hydrogen-bond acceptors (Lipinski definition) is 3. The quantitative estimate of drug-likeness (QED) is 0.894. The van der Waals surface area contributed by atoms with E-state index in [9.17, 15) is 18.0 Å². The minimum absolute atomic E-state index is 0.369. The highest BCUT2D eigenvalue weighted by Gasteiger charge is 2.35. The molecule has 1 N–H and O–H groups in total. The molecule has 0 unspecified atom stereocenters. The lowest BCUT2D eigenvalue weighted by Gasteiger charge is -2.11. The molecule has 3 nitrogen and oxygen atoms in total. The lowest BCUT2D eigenvalue weighted by molar-refractivity contribution is -0.137. The van der Waals surface area contributed by atoms with Gasteiger partial charge in [0.2, 0.25) is 0 Å². The van der Waals surface area contributed by atoms with Crippen molar-refractivity contribution in [2.24, 2.45) is 0 Å². The first-order valence-electron chi connectivity index (χ1n) is 6.91. The van der Waals surface area contributed by atoms with Crippen LogP contribution in [0.15, 0.2) is 24.3 Å². The van der Waals surface area contributed by atoms with E-state index in [1.54, 1.807) is 0 Å². The second kappa shape index (κ2) is 5.72. The average Bonchev–Trinajstić information content (AvgIpc) is 2.88. The third-order valence-electron chi connectivity index (χ3n) is 3.54. The molecule has 7 heteroatoms. The molecule has 0 saturated heterocycles. The number of thiazole rings is 1. The molecule has 0 radical (unpaired) electrons. The number of benzene rings is 1. The van der Waals surface area contributed by atoms with Gasteiger partial charge < -0.3 is 0 Å². The van der Waals surface area contributed by atoms with Crippen LogP contribution in [0.4, 0.5) is 18.3 Å². The molecular formula is C15H13F3N2OS. The van der Waals surface area contributed by atoms with Crippen molar-refractivity contribution in [3.8, 4) is 0 Å². The number of amides is 1. The Morgan fingerprint density at radius 2 is 1.91 bits per heavy atom. The van der Waals surface area contributed by atoms with E-state index in [0.29, 0.717) is 5.13 Å². The van der Waals surface area contributed by atoms with Gasteiger partial charge in [-0.2, -0.15) is 13.2 Å². The van der Waals surface area contributed by atoms with E-state index >= 15 is 0 Å². The summed E-state index contributed by atoms with van der Waals surface area (Å²) in [4.78, 5) is 17.6. The summed E-state index contributed by atoms with van der Waals surface area (Å²) >= 11 is 1.35. The van der Waals surface area contributed by atoms with Gasteiger partial charge in [0.25, 0.3) is 5.91 Å². The molecule has 0 bridgehead atoms. The Kier molecular flexibility index (Phi) is 3.90. The molecule has 1 aliphatic rings. The highest BCUT2D eigenvalue weighted by molar-refractivity contribution is 7.15. The molecule has 1 amide bonds. The first kappa shape index (κ1) is 15.0. The Morgan fingerprint density at radius 1 is 1.18 bits per heavy atom. The average molecular weight is 326 g/mol. The Balaban J connectivity index is 1.85. The number of fused-ring (bicyclic) bond motifs is 1. The van der Waals surface area contributed by atoms with Crippen molar-refractivity contribution >= 4 is 22.4 Å². The Labute approximate surface area is 129 Å². The number of nitrogens with zero attached hydrogens (tertiary/aromatic N) is 1. The summed E-state index contributed by atoms with van der Waals surface area (Å²) in [6.45, 7) is 0. The molecule has 1 heterocycles. The number of alkyl halides is 3. The fraction of sp³-hybridized carbons (Fsp3) is 0.333. The normalized spacial score (nSPS) is 14.5. The van der Waals surface area contributed by atoms with Crippen molar-refractivity contribution in [2.45, 2.75) is 31.9 Å². The van der Waals surface area contributed by atoms with Crippen LogP contribution in [0.1, 0.15) is 39.3 Å². The van der Waals surface area contributed by atoms with Gasteiger partial charge in [-0.25, -0.2) is 4.98 Å². The van der Waals surface area contributed by atoms with Gasteiger partial charge in [-0.3, -0.25) is 10.1 Å². The van der Waals surface area contributed by atoms with Crippen LogP contribution in [-0.4, -0.2) is 10.9 Å². The molecule has 22 heavy (non-hydrogen) atoms. The first-order valence-corrected chi connectivity index (χ1v) is 7.73. The standard InChI is InChI=1S/C15H13F3N2OS/c16-15(17,18)10-6-2-1-5-9(10)13(21)20-14-19-11-7-3-4-8-12(11)22-14/h1-2,5-6H,3-4,7-8H2,(H,19,20,21). The molecule has 2 aromatic rings. The number of anilines is 1. The summed E-state index contributed by atoms with van der Waals surface area (Å²) in [7, 11) is 0. The number of carbonyl (C=O) groups excluding carboxylic acids is 1. The van der Waals surface area contributed by atoms with Gasteiger partial charge >= 0.3 is 6.18 Å². The number of halogens is 3. The van der Waals surface area contributed by atoms with Crippen molar-refractivity contribution in [1.29, 1.82) is 0 Å². The SMILES string of the molecule is O=C(Nc1nc2c(s1)CCCC2)c1ccccc1C(F)(F)F. The van der Waals surface area contributed by atoms with Gasteiger partial charge in [0.15, 0.2) is 5.13 Å². The molecule has 0 saturated carbocycles. The monoisotopic (exact) mass is 326 g/mol. The van der Waals surface area contributed by atoms with Crippen LogP contribution in [0.25, 0.3) is 0 Å². The van der Waals surface area contributed by atoms with Gasteiger partial charge in [0, 0.05) is 4.88 Å². The van der Waals surface area contributed by atoms with Crippen LogP contribution in [0, 0.1) is 0 Å². The number of carbonyl (C=O) groups is 1. The van der Waals surface area contributed by atoms with Gasteiger partial charge in [0.05, 0.1) is 16.8 Å². The Hall–Kier alpha value is -1.89. The van der Waals surface area contributed by atoms with Crippen molar-refractivity contribution in [2.75, 3.05) is 5.32 Å².